The minimum Gasteiger partial charge on any atom is -0.497 e. The monoisotopic (exact) mass is 349 g/mol. The Bertz CT molecular complexity index is 836. The molecule has 7 nitrogen and oxygen atoms in total. The van der Waals surface area contributed by atoms with Crippen molar-refractivity contribution >= 4 is 11.9 Å². The summed E-state index contributed by atoms with van der Waals surface area (Å²) in [6.07, 6.45) is 4.72. The summed E-state index contributed by atoms with van der Waals surface area (Å²) in [5.74, 6) is 1.00. The molecule has 0 unspecified atom stereocenters. The van der Waals surface area contributed by atoms with Crippen LogP contribution in [0.2, 0.25) is 0 Å². The average Bonchev–Trinajstić information content (AvgIpc) is 2.72. The van der Waals surface area contributed by atoms with Gasteiger partial charge in [-0.3, -0.25) is 9.78 Å². The SMILES string of the molecule is COc1ccc(CNC(=O)c2cnc(NCc3ccccn3)nc2)cc1. The molecule has 1 aromatic carbocycles. The molecule has 0 bridgehead atoms. The second kappa shape index (κ2) is 8.57. The topological polar surface area (TPSA) is 89.0 Å². The van der Waals surface area contributed by atoms with E-state index < -0.39 is 0 Å². The summed E-state index contributed by atoms with van der Waals surface area (Å²) in [5, 5.41) is 5.91. The van der Waals surface area contributed by atoms with Crippen LogP contribution in [-0.4, -0.2) is 28.0 Å². The molecule has 3 aromatic rings. The molecule has 0 aliphatic rings. The third kappa shape index (κ3) is 4.76. The summed E-state index contributed by atoms with van der Waals surface area (Å²) >= 11 is 0. The maximum Gasteiger partial charge on any atom is 0.254 e. The van der Waals surface area contributed by atoms with Crippen molar-refractivity contribution in [3.63, 3.8) is 0 Å². The van der Waals surface area contributed by atoms with Crippen LogP contribution in [0.25, 0.3) is 0 Å². The molecule has 0 spiro atoms. The zero-order valence-electron chi connectivity index (χ0n) is 14.3. The Morgan fingerprint density at radius 3 is 2.42 bits per heavy atom. The highest BCUT2D eigenvalue weighted by Gasteiger charge is 2.07. The first kappa shape index (κ1) is 17.3. The number of hydrogen-bond acceptors (Lipinski definition) is 6. The van der Waals surface area contributed by atoms with Gasteiger partial charge in [-0.05, 0) is 29.8 Å². The number of methoxy groups -OCH3 is 1. The van der Waals surface area contributed by atoms with Gasteiger partial charge in [-0.1, -0.05) is 18.2 Å². The van der Waals surface area contributed by atoms with Crippen LogP contribution in [0.4, 0.5) is 5.95 Å². The Balaban J connectivity index is 1.51. The summed E-state index contributed by atoms with van der Waals surface area (Å²) < 4.78 is 5.11. The van der Waals surface area contributed by atoms with E-state index in [1.165, 1.54) is 12.4 Å². The first-order chi connectivity index (χ1) is 12.7. The van der Waals surface area contributed by atoms with Crippen molar-refractivity contribution in [2.75, 3.05) is 12.4 Å². The Labute approximate surface area is 151 Å². The molecule has 0 aliphatic heterocycles. The van der Waals surface area contributed by atoms with Crippen LogP contribution in [0.1, 0.15) is 21.6 Å². The number of rotatable bonds is 7. The van der Waals surface area contributed by atoms with Gasteiger partial charge in [0.25, 0.3) is 5.91 Å². The predicted octanol–water partition coefficient (Wildman–Crippen LogP) is 2.42. The van der Waals surface area contributed by atoms with Gasteiger partial charge in [0.2, 0.25) is 5.95 Å². The van der Waals surface area contributed by atoms with Gasteiger partial charge in [-0.15, -0.1) is 0 Å². The molecule has 0 saturated carbocycles. The number of ether oxygens (including phenoxy) is 1. The molecule has 26 heavy (non-hydrogen) atoms. The van der Waals surface area contributed by atoms with E-state index in [9.17, 15) is 4.79 Å². The number of pyridine rings is 1. The minimum atomic E-state index is -0.225. The number of benzene rings is 1. The van der Waals surface area contributed by atoms with E-state index in [2.05, 4.69) is 25.6 Å². The Kier molecular flexibility index (Phi) is 5.72. The van der Waals surface area contributed by atoms with Crippen LogP contribution in [0.15, 0.2) is 61.1 Å². The second-order valence-electron chi connectivity index (χ2n) is 5.50. The van der Waals surface area contributed by atoms with Crippen molar-refractivity contribution in [1.29, 1.82) is 0 Å². The van der Waals surface area contributed by atoms with Crippen molar-refractivity contribution in [3.8, 4) is 5.75 Å². The molecule has 3 rings (SSSR count). The van der Waals surface area contributed by atoms with Crippen LogP contribution in [-0.2, 0) is 13.1 Å². The molecule has 0 fully saturated rings. The van der Waals surface area contributed by atoms with Gasteiger partial charge in [-0.2, -0.15) is 0 Å². The van der Waals surface area contributed by atoms with Crippen LogP contribution in [0, 0.1) is 0 Å². The maximum absolute atomic E-state index is 12.2. The highest BCUT2D eigenvalue weighted by molar-refractivity contribution is 5.93. The Morgan fingerprint density at radius 2 is 1.77 bits per heavy atom. The molecule has 0 aliphatic carbocycles. The number of aromatic nitrogens is 3. The van der Waals surface area contributed by atoms with E-state index in [1.54, 1.807) is 13.3 Å². The number of carbonyl (C=O) groups excluding carboxylic acids is 1. The van der Waals surface area contributed by atoms with Crippen molar-refractivity contribution in [1.82, 2.24) is 20.3 Å². The van der Waals surface area contributed by atoms with Crippen molar-refractivity contribution in [2.24, 2.45) is 0 Å². The highest BCUT2D eigenvalue weighted by Crippen LogP contribution is 2.11. The largest absolute Gasteiger partial charge is 0.497 e. The molecule has 132 valence electrons. The number of nitrogens with zero attached hydrogens (tertiary/aromatic N) is 3. The van der Waals surface area contributed by atoms with E-state index in [-0.39, 0.29) is 5.91 Å². The Hall–Kier alpha value is -3.48. The Morgan fingerprint density at radius 1 is 1.00 bits per heavy atom. The maximum atomic E-state index is 12.2. The molecule has 1 amide bonds. The third-order valence-electron chi connectivity index (χ3n) is 3.68. The molecule has 2 heterocycles. The van der Waals surface area contributed by atoms with Gasteiger partial charge in [0.15, 0.2) is 0 Å². The molecule has 0 atom stereocenters. The summed E-state index contributed by atoms with van der Waals surface area (Å²) in [5.41, 5.74) is 2.27. The molecule has 7 heteroatoms. The summed E-state index contributed by atoms with van der Waals surface area (Å²) in [4.78, 5) is 24.7. The van der Waals surface area contributed by atoms with Gasteiger partial charge >= 0.3 is 0 Å². The third-order valence-corrected chi connectivity index (χ3v) is 3.68. The lowest BCUT2D eigenvalue weighted by Crippen LogP contribution is -2.23. The molecular formula is C19H19N5O2. The molecule has 0 saturated heterocycles. The summed E-state index contributed by atoms with van der Waals surface area (Å²) in [6, 6.07) is 13.2. The zero-order chi connectivity index (χ0) is 18.2. The summed E-state index contributed by atoms with van der Waals surface area (Å²) in [7, 11) is 1.62. The van der Waals surface area contributed by atoms with E-state index in [0.29, 0.717) is 24.6 Å². The van der Waals surface area contributed by atoms with E-state index in [0.717, 1.165) is 17.0 Å². The normalized spacial score (nSPS) is 10.2. The fourth-order valence-electron chi connectivity index (χ4n) is 2.24. The smallest absolute Gasteiger partial charge is 0.254 e. The predicted molar refractivity (Wildman–Crippen MR) is 97.8 cm³/mol. The quantitative estimate of drug-likeness (QED) is 0.681. The highest BCUT2D eigenvalue weighted by atomic mass is 16.5. The number of amides is 1. The number of nitrogens with one attached hydrogen (secondary N) is 2. The lowest BCUT2D eigenvalue weighted by atomic mass is 10.2. The van der Waals surface area contributed by atoms with E-state index in [1.807, 2.05) is 42.5 Å². The minimum absolute atomic E-state index is 0.225. The first-order valence-electron chi connectivity index (χ1n) is 8.11. The van der Waals surface area contributed by atoms with Gasteiger partial charge in [0.1, 0.15) is 5.75 Å². The van der Waals surface area contributed by atoms with Gasteiger partial charge in [0, 0.05) is 25.1 Å². The molecule has 2 N–H and O–H groups in total. The van der Waals surface area contributed by atoms with Crippen LogP contribution >= 0.6 is 0 Å². The van der Waals surface area contributed by atoms with Crippen LogP contribution in [0.3, 0.4) is 0 Å². The van der Waals surface area contributed by atoms with Gasteiger partial charge in [0.05, 0.1) is 24.9 Å². The summed E-state index contributed by atoms with van der Waals surface area (Å²) in [6.45, 7) is 0.937. The van der Waals surface area contributed by atoms with Gasteiger partial charge in [-0.25, -0.2) is 9.97 Å². The number of hydrogen-bond donors (Lipinski definition) is 2. The zero-order valence-corrected chi connectivity index (χ0v) is 14.3. The van der Waals surface area contributed by atoms with Crippen LogP contribution < -0.4 is 15.4 Å². The fourth-order valence-corrected chi connectivity index (χ4v) is 2.24. The molecule has 0 radical (unpaired) electrons. The number of anilines is 1. The lowest BCUT2D eigenvalue weighted by molar-refractivity contribution is 0.0950. The molecular weight excluding hydrogens is 330 g/mol. The van der Waals surface area contributed by atoms with E-state index in [4.69, 9.17) is 4.74 Å². The van der Waals surface area contributed by atoms with Crippen molar-refractivity contribution < 1.29 is 9.53 Å². The lowest BCUT2D eigenvalue weighted by Gasteiger charge is -2.07. The van der Waals surface area contributed by atoms with E-state index >= 15 is 0 Å². The molecule has 2 aromatic heterocycles. The number of carbonyl (C=O) groups is 1. The average molecular weight is 349 g/mol. The van der Waals surface area contributed by atoms with Crippen molar-refractivity contribution in [2.45, 2.75) is 13.1 Å². The first-order valence-corrected chi connectivity index (χ1v) is 8.11. The van der Waals surface area contributed by atoms with Crippen molar-refractivity contribution in [3.05, 3.63) is 77.9 Å². The van der Waals surface area contributed by atoms with Gasteiger partial charge < -0.3 is 15.4 Å². The second-order valence-corrected chi connectivity index (χ2v) is 5.50. The van der Waals surface area contributed by atoms with Crippen LogP contribution in [0.5, 0.6) is 5.75 Å². The fraction of sp³-hybridized carbons (Fsp3) is 0.158. The standard InChI is InChI=1S/C19H19N5O2/c1-26-17-7-5-14(6-8-17)10-21-18(25)15-11-22-19(23-12-15)24-13-16-4-2-3-9-20-16/h2-9,11-12H,10,13H2,1H3,(H,21,25)(H,22,23,24).